The number of hydrogen-bond donors (Lipinski definition) is 3. The summed E-state index contributed by atoms with van der Waals surface area (Å²) in [6, 6.07) is 8.46. The minimum Gasteiger partial charge on any atom is -0.463 e. The van der Waals surface area contributed by atoms with E-state index in [-0.39, 0.29) is 48.9 Å². The fourth-order valence-corrected chi connectivity index (χ4v) is 5.44. The average molecular weight is 594 g/mol. The lowest BCUT2D eigenvalue weighted by Crippen LogP contribution is -2.67. The van der Waals surface area contributed by atoms with Crippen molar-refractivity contribution >= 4 is 29.6 Å². The summed E-state index contributed by atoms with van der Waals surface area (Å²) in [5.74, 6) is -2.49. The number of nitrogens with zero attached hydrogens (tertiary/aromatic N) is 2. The van der Waals surface area contributed by atoms with Gasteiger partial charge in [-0.3, -0.25) is 19.2 Å². The third-order valence-electron chi connectivity index (χ3n) is 7.75. The number of amides is 4. The lowest BCUT2D eigenvalue weighted by molar-refractivity contribution is -0.152. The van der Waals surface area contributed by atoms with Gasteiger partial charge in [-0.2, -0.15) is 0 Å². The van der Waals surface area contributed by atoms with E-state index in [1.165, 1.54) is 23.1 Å². The van der Waals surface area contributed by atoms with Crippen molar-refractivity contribution in [1.82, 2.24) is 26.0 Å². The summed E-state index contributed by atoms with van der Waals surface area (Å²) in [5, 5.41) is 12.3. The number of aryl methyl sites for hydroxylation is 1. The second-order valence-corrected chi connectivity index (χ2v) is 11.2. The molecule has 12 nitrogen and oxygen atoms in total. The molecule has 0 bridgehead atoms. The molecule has 4 amide bonds. The van der Waals surface area contributed by atoms with E-state index in [0.29, 0.717) is 18.7 Å². The Morgan fingerprint density at radius 3 is 2.53 bits per heavy atom. The first-order valence-corrected chi connectivity index (χ1v) is 14.6. The van der Waals surface area contributed by atoms with Gasteiger partial charge in [0.1, 0.15) is 17.8 Å². The van der Waals surface area contributed by atoms with E-state index in [9.17, 15) is 24.0 Å². The summed E-state index contributed by atoms with van der Waals surface area (Å²) in [6.45, 7) is 8.00. The highest BCUT2D eigenvalue weighted by Crippen LogP contribution is 2.36. The fraction of sp³-hybridized carbons (Fsp3) is 0.484. The minimum atomic E-state index is -0.918. The summed E-state index contributed by atoms with van der Waals surface area (Å²) in [6.07, 6.45) is 3.67. The Morgan fingerprint density at radius 2 is 1.93 bits per heavy atom. The molecule has 0 unspecified atom stereocenters. The molecule has 12 heteroatoms. The monoisotopic (exact) mass is 593 g/mol. The Morgan fingerprint density at radius 1 is 1.19 bits per heavy atom. The molecule has 230 valence electrons. The van der Waals surface area contributed by atoms with Gasteiger partial charge in [0.2, 0.25) is 17.7 Å². The summed E-state index contributed by atoms with van der Waals surface area (Å²) in [7, 11) is 0. The number of nitrogens with one attached hydrogen (secondary N) is 3. The molecule has 2 aliphatic rings. The maximum absolute atomic E-state index is 13.9. The van der Waals surface area contributed by atoms with Crippen molar-refractivity contribution in [1.29, 1.82) is 0 Å². The van der Waals surface area contributed by atoms with E-state index >= 15 is 0 Å². The first kappa shape index (κ1) is 31.5. The van der Waals surface area contributed by atoms with Crippen LogP contribution in [0, 0.1) is 18.8 Å². The molecule has 4 rings (SSSR count). The smallest absolute Gasteiger partial charge is 0.330 e. The molecule has 2 fully saturated rings. The van der Waals surface area contributed by atoms with Crippen LogP contribution in [0.15, 0.2) is 53.1 Å². The number of carbonyl (C=O) groups excluding carboxylic acids is 5. The molecule has 3 heterocycles. The maximum atomic E-state index is 13.9. The molecule has 3 N–H and O–H groups in total. The van der Waals surface area contributed by atoms with E-state index in [4.69, 9.17) is 9.26 Å². The van der Waals surface area contributed by atoms with E-state index in [1.807, 2.05) is 44.2 Å². The van der Waals surface area contributed by atoms with Gasteiger partial charge in [-0.15, -0.1) is 0 Å². The van der Waals surface area contributed by atoms with Gasteiger partial charge >= 0.3 is 5.97 Å². The number of hydrogen-bond acceptors (Lipinski definition) is 8. The number of esters is 1. The van der Waals surface area contributed by atoms with Crippen molar-refractivity contribution in [2.45, 2.75) is 64.6 Å². The molecular weight excluding hydrogens is 554 g/mol. The number of rotatable bonds is 12. The molecular formula is C31H39N5O7. The van der Waals surface area contributed by atoms with Crippen LogP contribution in [0.4, 0.5) is 0 Å². The van der Waals surface area contributed by atoms with Gasteiger partial charge in [0.05, 0.1) is 6.61 Å². The van der Waals surface area contributed by atoms with Gasteiger partial charge in [-0.25, -0.2) is 4.79 Å². The standard InChI is InChI=1S/C31H39N5O7/c1-5-42-25(37)12-11-22(16-21-13-14-32-28(21)38)33-30(40)27-23(20-9-7-6-8-10-20)17-36(27)31(41)26(18(2)3)34-29(39)24-15-19(4)43-35-24/h6-12,15,18,21-23,26-27H,5,13-14,16-17H2,1-4H3,(H,32,38)(H,33,40)(H,34,39)/b12-11+/t21-,22+,23+,26-,27-/m0/s1. The first-order chi connectivity index (χ1) is 20.6. The molecule has 0 radical (unpaired) electrons. The van der Waals surface area contributed by atoms with E-state index in [0.717, 1.165) is 5.56 Å². The predicted octanol–water partition coefficient (Wildman–Crippen LogP) is 1.86. The normalized spacial score (nSPS) is 21.2. The second kappa shape index (κ2) is 14.1. The van der Waals surface area contributed by atoms with Gasteiger partial charge < -0.3 is 30.1 Å². The maximum Gasteiger partial charge on any atom is 0.330 e. The summed E-state index contributed by atoms with van der Waals surface area (Å²) in [5.41, 5.74) is 0.951. The molecule has 2 aliphatic heterocycles. The Balaban J connectivity index is 1.57. The number of benzene rings is 1. The predicted molar refractivity (Wildman–Crippen MR) is 155 cm³/mol. The van der Waals surface area contributed by atoms with Crippen LogP contribution in [0.25, 0.3) is 0 Å². The van der Waals surface area contributed by atoms with Crippen molar-refractivity contribution in [3.8, 4) is 0 Å². The zero-order valence-corrected chi connectivity index (χ0v) is 24.9. The van der Waals surface area contributed by atoms with Gasteiger partial charge in [-0.05, 0) is 38.2 Å². The Hall–Kier alpha value is -4.48. The van der Waals surface area contributed by atoms with Crippen LogP contribution in [0.2, 0.25) is 0 Å². The molecule has 2 saturated heterocycles. The molecule has 5 atom stereocenters. The van der Waals surface area contributed by atoms with Crippen LogP contribution in [0.1, 0.15) is 61.3 Å². The van der Waals surface area contributed by atoms with E-state index in [1.54, 1.807) is 13.8 Å². The molecule has 0 spiro atoms. The zero-order chi connectivity index (χ0) is 31.1. The lowest BCUT2D eigenvalue weighted by Gasteiger charge is -2.49. The topological polar surface area (TPSA) is 160 Å². The molecule has 0 saturated carbocycles. The number of likely N-dealkylation sites (tertiary alicyclic amines) is 1. The summed E-state index contributed by atoms with van der Waals surface area (Å²) < 4.78 is 9.99. The largest absolute Gasteiger partial charge is 0.463 e. The van der Waals surface area contributed by atoms with Gasteiger partial charge in [0.15, 0.2) is 5.69 Å². The van der Waals surface area contributed by atoms with Crippen molar-refractivity contribution in [3.05, 3.63) is 65.6 Å². The molecule has 1 aromatic heterocycles. The quantitative estimate of drug-likeness (QED) is 0.248. The summed E-state index contributed by atoms with van der Waals surface area (Å²) in [4.78, 5) is 66.5. The average Bonchev–Trinajstić information content (AvgIpc) is 3.57. The lowest BCUT2D eigenvalue weighted by atomic mass is 9.80. The fourth-order valence-electron chi connectivity index (χ4n) is 5.44. The molecule has 2 aromatic rings. The van der Waals surface area contributed by atoms with Crippen LogP contribution in [0.3, 0.4) is 0 Å². The summed E-state index contributed by atoms with van der Waals surface area (Å²) >= 11 is 0. The molecule has 1 aromatic carbocycles. The first-order valence-electron chi connectivity index (χ1n) is 14.6. The number of ether oxygens (including phenoxy) is 1. The van der Waals surface area contributed by atoms with Crippen molar-refractivity contribution in [2.24, 2.45) is 11.8 Å². The number of carbonyl (C=O) groups is 5. The van der Waals surface area contributed by atoms with Crippen LogP contribution in [-0.4, -0.2) is 77.5 Å². The Kier molecular flexibility index (Phi) is 10.3. The third-order valence-corrected chi connectivity index (χ3v) is 7.75. The van der Waals surface area contributed by atoms with Crippen molar-refractivity contribution in [3.63, 3.8) is 0 Å². The van der Waals surface area contributed by atoms with Gasteiger partial charge in [0.25, 0.3) is 5.91 Å². The van der Waals surface area contributed by atoms with Crippen molar-refractivity contribution in [2.75, 3.05) is 19.7 Å². The van der Waals surface area contributed by atoms with E-state index in [2.05, 4.69) is 21.1 Å². The van der Waals surface area contributed by atoms with E-state index < -0.39 is 41.8 Å². The van der Waals surface area contributed by atoms with Crippen LogP contribution < -0.4 is 16.0 Å². The Bertz CT molecular complexity index is 1360. The highest BCUT2D eigenvalue weighted by molar-refractivity contribution is 5.98. The van der Waals surface area contributed by atoms with Crippen molar-refractivity contribution < 1.29 is 33.2 Å². The second-order valence-electron chi connectivity index (χ2n) is 11.2. The minimum absolute atomic E-state index is 0.0585. The SMILES string of the molecule is CCOC(=O)/C=C/[C@H](C[C@@H]1CCNC1=O)NC(=O)[C@@H]1[C@@H](c2ccccc2)CN1C(=O)[C@@H](NC(=O)c1cc(C)on1)C(C)C. The van der Waals surface area contributed by atoms with Gasteiger partial charge in [-0.1, -0.05) is 55.4 Å². The van der Waals surface area contributed by atoms with Crippen LogP contribution >= 0.6 is 0 Å². The van der Waals surface area contributed by atoms with Crippen LogP contribution in [0.5, 0.6) is 0 Å². The van der Waals surface area contributed by atoms with Gasteiger partial charge in [0, 0.05) is 43.1 Å². The Labute approximate surface area is 250 Å². The van der Waals surface area contributed by atoms with Crippen LogP contribution in [-0.2, 0) is 23.9 Å². The molecule has 0 aliphatic carbocycles. The highest BCUT2D eigenvalue weighted by atomic mass is 16.5. The number of aromatic nitrogens is 1. The zero-order valence-electron chi connectivity index (χ0n) is 24.9. The highest BCUT2D eigenvalue weighted by Gasteiger charge is 2.49. The molecule has 43 heavy (non-hydrogen) atoms. The third kappa shape index (κ3) is 7.68.